The Kier molecular flexibility index (Phi) is 11.9. The summed E-state index contributed by atoms with van der Waals surface area (Å²) in [6, 6.07) is 0. The number of rotatable bonds is 17. The van der Waals surface area contributed by atoms with Crippen LogP contribution in [-0.2, 0) is 48.0 Å². The fraction of sp³-hybridized carbons (Fsp3) is 0.654. The summed E-state index contributed by atoms with van der Waals surface area (Å²) in [6.07, 6.45) is -1.97. The largest absolute Gasteiger partial charge is 0.356 e. The molecule has 6 amide bonds. The number of nitrogens with zero attached hydrogens (tertiary/aromatic N) is 2. The lowest BCUT2D eigenvalue weighted by Gasteiger charge is -2.16. The summed E-state index contributed by atoms with van der Waals surface area (Å²) in [5.74, 6) is -5.06. The fourth-order valence-electron chi connectivity index (χ4n) is 4.00. The Morgan fingerprint density at radius 1 is 0.875 bits per heavy atom. The summed E-state index contributed by atoms with van der Waals surface area (Å²) in [6.45, 7) is 3.44. The van der Waals surface area contributed by atoms with E-state index < -0.39 is 41.8 Å². The topological polar surface area (TPSA) is 193 Å². The van der Waals surface area contributed by atoms with Crippen LogP contribution in [0.1, 0.15) is 79.4 Å². The van der Waals surface area contributed by atoms with Crippen LogP contribution in [0.5, 0.6) is 0 Å². The van der Waals surface area contributed by atoms with Crippen LogP contribution in [0.25, 0.3) is 0 Å². The van der Waals surface area contributed by atoms with Gasteiger partial charge in [0.25, 0.3) is 11.8 Å². The number of hydroxylamine groups is 2. The molecule has 0 aromatic carbocycles. The second-order valence-corrected chi connectivity index (χ2v) is 9.89. The van der Waals surface area contributed by atoms with E-state index in [4.69, 9.17) is 1.37 Å². The summed E-state index contributed by atoms with van der Waals surface area (Å²) in [7, 11) is 0. The fourth-order valence-corrected chi connectivity index (χ4v) is 4.00. The quantitative estimate of drug-likeness (QED) is 0.222. The lowest BCUT2D eigenvalue weighted by Crippen LogP contribution is -2.34. The maximum atomic E-state index is 12.3. The van der Waals surface area contributed by atoms with E-state index in [9.17, 15) is 43.2 Å². The maximum Gasteiger partial charge on any atom is 0.334 e. The number of carbonyl (C=O) groups excluding carboxylic acids is 9. The molecule has 2 heterocycles. The van der Waals surface area contributed by atoms with Gasteiger partial charge >= 0.3 is 5.97 Å². The predicted octanol–water partition coefficient (Wildman–Crippen LogP) is -0.274. The Bertz CT molecular complexity index is 1090. The van der Waals surface area contributed by atoms with Crippen LogP contribution in [0.4, 0.5) is 0 Å². The molecule has 2 fully saturated rings. The molecule has 220 valence electrons. The SMILES string of the molecule is [2H]C1CC(=O)N(OC(=O)CCNC(=O)CCC(=O)CNC(=O)CCC(=O)CCCN2C(=O)CC(C(C)C)C2=O)C1=O. The Morgan fingerprint density at radius 2 is 1.52 bits per heavy atom. The first-order chi connectivity index (χ1) is 19.3. The molecule has 2 aliphatic rings. The number of nitrogens with one attached hydrogen (secondary N) is 2. The van der Waals surface area contributed by atoms with Gasteiger partial charge in [-0.05, 0) is 12.3 Å². The van der Waals surface area contributed by atoms with Crippen molar-refractivity contribution >= 4 is 53.0 Å². The Hall–Kier alpha value is -3.97. The van der Waals surface area contributed by atoms with Crippen molar-refractivity contribution in [3.05, 3.63) is 0 Å². The van der Waals surface area contributed by atoms with E-state index in [1.807, 2.05) is 13.8 Å². The molecule has 0 aromatic heterocycles. The summed E-state index contributed by atoms with van der Waals surface area (Å²) in [5.41, 5.74) is 0. The summed E-state index contributed by atoms with van der Waals surface area (Å²) < 4.78 is 7.34. The first-order valence-electron chi connectivity index (χ1n) is 13.8. The molecule has 14 heteroatoms. The van der Waals surface area contributed by atoms with Crippen molar-refractivity contribution in [2.45, 2.75) is 78.0 Å². The molecule has 0 radical (unpaired) electrons. The summed E-state index contributed by atoms with van der Waals surface area (Å²) in [4.78, 5) is 113. The van der Waals surface area contributed by atoms with Crippen LogP contribution < -0.4 is 10.6 Å². The van der Waals surface area contributed by atoms with Gasteiger partial charge in [0.2, 0.25) is 23.6 Å². The van der Waals surface area contributed by atoms with E-state index in [1.165, 1.54) is 4.90 Å². The van der Waals surface area contributed by atoms with Crippen LogP contribution in [0, 0.1) is 11.8 Å². The highest BCUT2D eigenvalue weighted by Gasteiger charge is 2.39. The monoisotopic (exact) mass is 565 g/mol. The zero-order chi connectivity index (χ0) is 30.7. The van der Waals surface area contributed by atoms with Crippen LogP contribution in [-0.4, -0.2) is 82.6 Å². The minimum Gasteiger partial charge on any atom is -0.356 e. The molecule has 40 heavy (non-hydrogen) atoms. The third kappa shape index (κ3) is 10.3. The van der Waals surface area contributed by atoms with Crippen molar-refractivity contribution in [3.63, 3.8) is 0 Å². The van der Waals surface area contributed by atoms with Gasteiger partial charge in [0.05, 0.1) is 13.0 Å². The number of imide groups is 2. The number of Topliss-reactive ketones (excluding diaryl/α,β-unsaturated/α-hetero) is 2. The second-order valence-electron chi connectivity index (χ2n) is 9.89. The van der Waals surface area contributed by atoms with Gasteiger partial charge in [0, 0.05) is 71.7 Å². The average molecular weight is 566 g/mol. The van der Waals surface area contributed by atoms with Gasteiger partial charge in [-0.2, -0.15) is 0 Å². The molecule has 2 N–H and O–H groups in total. The average Bonchev–Trinajstić information content (AvgIpc) is 3.33. The van der Waals surface area contributed by atoms with Crippen molar-refractivity contribution in [3.8, 4) is 0 Å². The van der Waals surface area contributed by atoms with E-state index in [0.717, 1.165) is 0 Å². The number of ketones is 2. The van der Waals surface area contributed by atoms with E-state index in [0.29, 0.717) is 6.42 Å². The maximum absolute atomic E-state index is 12.3. The zero-order valence-corrected chi connectivity index (χ0v) is 22.7. The molecular formula is C26H36N4O10. The van der Waals surface area contributed by atoms with E-state index in [1.54, 1.807) is 0 Å². The summed E-state index contributed by atoms with van der Waals surface area (Å²) >= 11 is 0. The van der Waals surface area contributed by atoms with Gasteiger partial charge in [-0.1, -0.05) is 13.8 Å². The zero-order valence-electron chi connectivity index (χ0n) is 23.7. The highest BCUT2D eigenvalue weighted by Crippen LogP contribution is 2.26. The minimum atomic E-state index is -1.31. The first kappa shape index (κ1) is 30.6. The van der Waals surface area contributed by atoms with Crippen molar-refractivity contribution in [1.29, 1.82) is 0 Å². The Balaban J connectivity index is 1.52. The lowest BCUT2D eigenvalue weighted by atomic mass is 9.94. The van der Waals surface area contributed by atoms with Crippen LogP contribution in [0.3, 0.4) is 0 Å². The molecular weight excluding hydrogens is 528 g/mol. The second kappa shape index (κ2) is 15.6. The Morgan fingerprint density at radius 3 is 2.12 bits per heavy atom. The molecule has 2 atom stereocenters. The normalized spacial score (nSPS) is 19.2. The Labute approximate surface area is 232 Å². The number of amides is 6. The number of carbonyl (C=O) groups is 9. The highest BCUT2D eigenvalue weighted by molar-refractivity contribution is 6.03. The highest BCUT2D eigenvalue weighted by atomic mass is 16.7. The first-order valence-corrected chi connectivity index (χ1v) is 13.2. The van der Waals surface area contributed by atoms with Gasteiger partial charge in [0.1, 0.15) is 5.78 Å². The van der Waals surface area contributed by atoms with Crippen molar-refractivity contribution in [1.82, 2.24) is 20.6 Å². The third-order valence-corrected chi connectivity index (χ3v) is 6.39. The molecule has 2 saturated heterocycles. The molecule has 2 aliphatic heterocycles. The molecule has 0 aromatic rings. The predicted molar refractivity (Wildman–Crippen MR) is 135 cm³/mol. The van der Waals surface area contributed by atoms with E-state index in [-0.39, 0.29) is 105 Å². The van der Waals surface area contributed by atoms with Crippen LogP contribution in [0.15, 0.2) is 0 Å². The standard InChI is InChI=1S/C26H36N4O10/c1-16(2)19-14-24(37)29(26(19)39)13-3-4-17(31)5-7-21(34)28-15-18(32)6-8-20(33)27-12-11-25(38)40-30-22(35)9-10-23(30)36/h16,19H,3-15H2,1-2H3,(H,27,33)(H,28,34)/i9D. The molecule has 14 nitrogen and oxygen atoms in total. The molecule has 0 aliphatic carbocycles. The molecule has 2 unspecified atom stereocenters. The van der Waals surface area contributed by atoms with Gasteiger partial charge in [-0.25, -0.2) is 4.79 Å². The number of likely N-dealkylation sites (tertiary alicyclic amines) is 1. The minimum absolute atomic E-state index is 0.0504. The molecule has 0 saturated carbocycles. The van der Waals surface area contributed by atoms with Gasteiger partial charge in [0.15, 0.2) is 5.78 Å². The number of hydrogen-bond acceptors (Lipinski definition) is 10. The molecule has 2 rings (SSSR count). The lowest BCUT2D eigenvalue weighted by molar-refractivity contribution is -0.197. The van der Waals surface area contributed by atoms with Gasteiger partial charge in [-0.15, -0.1) is 5.06 Å². The van der Waals surface area contributed by atoms with Crippen molar-refractivity contribution in [2.24, 2.45) is 11.8 Å². The number of hydrogen-bond donors (Lipinski definition) is 2. The van der Waals surface area contributed by atoms with E-state index in [2.05, 4.69) is 15.5 Å². The van der Waals surface area contributed by atoms with Gasteiger partial charge < -0.3 is 15.5 Å². The molecule has 0 bridgehead atoms. The van der Waals surface area contributed by atoms with Crippen molar-refractivity contribution < 1.29 is 49.4 Å². The van der Waals surface area contributed by atoms with Crippen LogP contribution in [0.2, 0.25) is 0 Å². The summed E-state index contributed by atoms with van der Waals surface area (Å²) in [5, 5.41) is 5.02. The third-order valence-electron chi connectivity index (χ3n) is 6.39. The molecule has 0 spiro atoms. The van der Waals surface area contributed by atoms with E-state index >= 15 is 0 Å². The van der Waals surface area contributed by atoms with Crippen LogP contribution >= 0.6 is 0 Å². The smallest absolute Gasteiger partial charge is 0.334 e. The van der Waals surface area contributed by atoms with Crippen molar-refractivity contribution in [2.75, 3.05) is 19.6 Å². The van der Waals surface area contributed by atoms with Gasteiger partial charge in [-0.3, -0.25) is 43.3 Å².